The summed E-state index contributed by atoms with van der Waals surface area (Å²) in [5, 5.41) is 5.69. The Labute approximate surface area is 226 Å². The van der Waals surface area contributed by atoms with E-state index in [1.807, 2.05) is 31.2 Å². The molecule has 0 radical (unpaired) electrons. The molecule has 0 saturated carbocycles. The predicted molar refractivity (Wildman–Crippen MR) is 144 cm³/mol. The molecule has 1 aromatic carbocycles. The normalized spacial score (nSPS) is 13.5. The molecule has 38 heavy (non-hydrogen) atoms. The molecule has 1 aliphatic rings. The number of β-lactam (4-membered cyclic amide) rings is 1. The molecule has 0 bridgehead atoms. The van der Waals surface area contributed by atoms with Crippen molar-refractivity contribution in [2.45, 2.75) is 84.6 Å². The highest BCUT2D eigenvalue weighted by Crippen LogP contribution is 2.17. The molecule has 2 N–H and O–H groups in total. The van der Waals surface area contributed by atoms with Crippen molar-refractivity contribution in [3.8, 4) is 0 Å². The van der Waals surface area contributed by atoms with Crippen LogP contribution in [-0.2, 0) is 41.7 Å². The molecule has 1 heterocycles. The molecule has 1 atom stereocenters. The van der Waals surface area contributed by atoms with Gasteiger partial charge in [-0.05, 0) is 36.8 Å². The number of likely N-dealkylation sites (tertiary alicyclic amines) is 1. The van der Waals surface area contributed by atoms with E-state index in [0.717, 1.165) is 43.2 Å². The molecule has 4 amide bonds. The molecule has 1 unspecified atom stereocenters. The highest BCUT2D eigenvalue weighted by atomic mass is 16.5. The Morgan fingerprint density at radius 3 is 2.32 bits per heavy atom. The lowest BCUT2D eigenvalue weighted by Gasteiger charge is -2.28. The largest absolute Gasteiger partial charge is 0.372 e. The summed E-state index contributed by atoms with van der Waals surface area (Å²) in [5.74, 6) is -0.0901. The van der Waals surface area contributed by atoms with Crippen molar-refractivity contribution in [1.82, 2.24) is 15.5 Å². The van der Waals surface area contributed by atoms with Gasteiger partial charge in [0.25, 0.3) is 0 Å². The fraction of sp³-hybridized carbons (Fsp3) is 0.621. The monoisotopic (exact) mass is 529 g/mol. The average Bonchev–Trinajstić information content (AvgIpc) is 2.90. The number of nitrogens with zero attached hydrogens (tertiary/aromatic N) is 1. The van der Waals surface area contributed by atoms with E-state index in [4.69, 9.17) is 4.74 Å². The highest BCUT2D eigenvalue weighted by molar-refractivity contribution is 6.00. The third-order valence-corrected chi connectivity index (χ3v) is 6.69. The van der Waals surface area contributed by atoms with Crippen molar-refractivity contribution >= 4 is 29.4 Å². The van der Waals surface area contributed by atoms with Crippen molar-refractivity contribution in [3.63, 3.8) is 0 Å². The van der Waals surface area contributed by atoms with Gasteiger partial charge in [-0.3, -0.25) is 28.9 Å². The third kappa shape index (κ3) is 11.5. The Hall–Kier alpha value is -3.07. The van der Waals surface area contributed by atoms with Crippen LogP contribution in [0.25, 0.3) is 0 Å². The number of unbranched alkanes of at least 4 members (excludes halogenated alkanes) is 1. The lowest BCUT2D eigenvalue weighted by Crippen LogP contribution is -2.48. The second kappa shape index (κ2) is 17.4. The van der Waals surface area contributed by atoms with Crippen LogP contribution in [0.5, 0.6) is 0 Å². The van der Waals surface area contributed by atoms with Gasteiger partial charge in [0.05, 0.1) is 6.42 Å². The van der Waals surface area contributed by atoms with Gasteiger partial charge in [0.2, 0.25) is 23.6 Å². The Balaban J connectivity index is 1.48. The number of benzene rings is 1. The maximum Gasteiger partial charge on any atom is 0.246 e. The number of hydrogen-bond acceptors (Lipinski definition) is 6. The fourth-order valence-corrected chi connectivity index (χ4v) is 4.31. The number of ketones is 1. The van der Waals surface area contributed by atoms with Crippen LogP contribution in [0.15, 0.2) is 24.3 Å². The quantitative estimate of drug-likeness (QED) is 0.210. The van der Waals surface area contributed by atoms with Crippen LogP contribution in [0.4, 0.5) is 0 Å². The summed E-state index contributed by atoms with van der Waals surface area (Å²) < 4.78 is 5.38. The predicted octanol–water partition coefficient (Wildman–Crippen LogP) is 3.08. The number of Topliss-reactive ketones (excluding diaryl/α,β-unsaturated/α-hetero) is 1. The Kier molecular flexibility index (Phi) is 14.3. The van der Waals surface area contributed by atoms with Gasteiger partial charge in [0, 0.05) is 51.4 Å². The molecule has 0 aliphatic carbocycles. The molecular weight excluding hydrogens is 486 g/mol. The molecule has 210 valence electrons. The molecule has 2 rings (SSSR count). The van der Waals surface area contributed by atoms with Crippen LogP contribution >= 0.6 is 0 Å². The van der Waals surface area contributed by atoms with E-state index in [2.05, 4.69) is 17.6 Å². The fourth-order valence-electron chi connectivity index (χ4n) is 4.31. The first-order valence-corrected chi connectivity index (χ1v) is 13.9. The Morgan fingerprint density at radius 2 is 1.68 bits per heavy atom. The zero-order chi connectivity index (χ0) is 27.8. The summed E-state index contributed by atoms with van der Waals surface area (Å²) in [7, 11) is 0. The number of carbonyl (C=O) groups is 5. The van der Waals surface area contributed by atoms with Crippen molar-refractivity contribution in [1.29, 1.82) is 0 Å². The zero-order valence-corrected chi connectivity index (χ0v) is 22.9. The van der Waals surface area contributed by atoms with E-state index in [1.165, 1.54) is 4.90 Å². The van der Waals surface area contributed by atoms with Gasteiger partial charge in [0.15, 0.2) is 0 Å². The highest BCUT2D eigenvalue weighted by Gasteiger charge is 2.29. The first-order valence-electron chi connectivity index (χ1n) is 13.9. The van der Waals surface area contributed by atoms with Crippen LogP contribution in [0, 0.1) is 5.92 Å². The number of hydrogen-bond donors (Lipinski definition) is 2. The molecule has 0 spiro atoms. The summed E-state index contributed by atoms with van der Waals surface area (Å²) in [6.07, 6.45) is 6.73. The lowest BCUT2D eigenvalue weighted by molar-refractivity contribution is -0.152. The molecule has 9 nitrogen and oxygen atoms in total. The summed E-state index contributed by atoms with van der Waals surface area (Å²) in [6.45, 7) is 5.70. The van der Waals surface area contributed by atoms with Crippen molar-refractivity contribution in [2.75, 3.05) is 26.3 Å². The topological polar surface area (TPSA) is 122 Å². The second-order valence-corrected chi connectivity index (χ2v) is 9.77. The molecule has 0 aromatic heterocycles. The van der Waals surface area contributed by atoms with E-state index in [9.17, 15) is 24.0 Å². The molecule has 9 heteroatoms. The average molecular weight is 530 g/mol. The summed E-state index contributed by atoms with van der Waals surface area (Å²) in [6, 6.07) is 7.33. The number of nitrogens with one attached hydrogen (secondary N) is 2. The molecular formula is C29H43N3O6. The van der Waals surface area contributed by atoms with Crippen LogP contribution in [0.2, 0.25) is 0 Å². The van der Waals surface area contributed by atoms with E-state index in [-0.39, 0.29) is 42.6 Å². The van der Waals surface area contributed by atoms with Crippen LogP contribution in [0.1, 0.15) is 82.8 Å². The molecule has 1 aliphatic heterocycles. The maximum atomic E-state index is 12.0. The van der Waals surface area contributed by atoms with Crippen molar-refractivity contribution in [3.05, 3.63) is 35.4 Å². The number of rotatable bonds is 19. The smallest absolute Gasteiger partial charge is 0.246 e. The first kappa shape index (κ1) is 31.1. The minimum atomic E-state index is -0.243. The van der Waals surface area contributed by atoms with Gasteiger partial charge in [-0.25, -0.2) is 0 Å². The van der Waals surface area contributed by atoms with Crippen LogP contribution in [0.3, 0.4) is 0 Å². The molecule has 1 saturated heterocycles. The minimum Gasteiger partial charge on any atom is -0.372 e. The van der Waals surface area contributed by atoms with Gasteiger partial charge in [0.1, 0.15) is 12.4 Å². The van der Waals surface area contributed by atoms with Gasteiger partial charge in [-0.2, -0.15) is 0 Å². The van der Waals surface area contributed by atoms with Crippen molar-refractivity contribution < 1.29 is 28.7 Å². The van der Waals surface area contributed by atoms with E-state index >= 15 is 0 Å². The summed E-state index contributed by atoms with van der Waals surface area (Å²) >= 11 is 0. The summed E-state index contributed by atoms with van der Waals surface area (Å²) in [5.41, 5.74) is 1.71. The maximum absolute atomic E-state index is 12.0. The Bertz CT molecular complexity index is 931. The first-order chi connectivity index (χ1) is 18.3. The van der Waals surface area contributed by atoms with Crippen LogP contribution < -0.4 is 10.6 Å². The number of ether oxygens (including phenoxy) is 1. The standard InChI is InChI=1S/C29H43N3O6/c1-3-8-24(25(33)4-2)9-5-6-16-30-26(34)10-7-18-38-21-27(35)31-20-23-13-11-22(12-14-23)19-29(37)32-17-15-28(32)36/h11-14,24H,3-10,15-21H2,1-2H3,(H,30,34)(H,31,35). The van der Waals surface area contributed by atoms with Crippen molar-refractivity contribution in [2.24, 2.45) is 5.92 Å². The third-order valence-electron chi connectivity index (χ3n) is 6.69. The number of amides is 4. The minimum absolute atomic E-state index is 0.0329. The van der Waals surface area contributed by atoms with Gasteiger partial charge < -0.3 is 15.4 Å². The molecule has 1 aromatic rings. The Morgan fingerprint density at radius 1 is 0.947 bits per heavy atom. The molecule has 1 fully saturated rings. The van der Waals surface area contributed by atoms with E-state index < -0.39 is 0 Å². The lowest BCUT2D eigenvalue weighted by atomic mass is 9.91. The zero-order valence-electron chi connectivity index (χ0n) is 22.9. The number of imide groups is 1. The van der Waals surface area contributed by atoms with Gasteiger partial charge >= 0.3 is 0 Å². The second-order valence-electron chi connectivity index (χ2n) is 9.77. The summed E-state index contributed by atoms with van der Waals surface area (Å²) in [4.78, 5) is 60.6. The van der Waals surface area contributed by atoms with Gasteiger partial charge in [-0.1, -0.05) is 51.0 Å². The van der Waals surface area contributed by atoms with E-state index in [1.54, 1.807) is 0 Å². The number of carbonyl (C=O) groups excluding carboxylic acids is 5. The van der Waals surface area contributed by atoms with Crippen LogP contribution in [-0.4, -0.2) is 60.6 Å². The van der Waals surface area contributed by atoms with Gasteiger partial charge in [-0.15, -0.1) is 0 Å². The SMILES string of the molecule is CCCC(CCCCNC(=O)CCCOCC(=O)NCc1ccc(CC(=O)N2CCC2=O)cc1)C(=O)CC. The van der Waals surface area contributed by atoms with E-state index in [0.29, 0.717) is 57.7 Å².